The van der Waals surface area contributed by atoms with Crippen LogP contribution in [0.5, 0.6) is 0 Å². The van der Waals surface area contributed by atoms with E-state index in [0.29, 0.717) is 5.56 Å². The minimum atomic E-state index is -0.109. The van der Waals surface area contributed by atoms with Crippen LogP contribution in [-0.4, -0.2) is 0 Å². The van der Waals surface area contributed by atoms with Crippen molar-refractivity contribution in [3.8, 4) is 0 Å². The summed E-state index contributed by atoms with van der Waals surface area (Å²) >= 11 is 0. The first kappa shape index (κ1) is 9.97. The van der Waals surface area contributed by atoms with Crippen LogP contribution in [0, 0.1) is 0 Å². The molecule has 0 amide bonds. The summed E-state index contributed by atoms with van der Waals surface area (Å²) < 4.78 is 13.4. The molecule has 0 atom stereocenters. The van der Waals surface area contributed by atoms with E-state index in [2.05, 4.69) is 6.92 Å². The van der Waals surface area contributed by atoms with Crippen molar-refractivity contribution in [3.05, 3.63) is 41.0 Å². The Hall–Kier alpha value is -1.11. The molecule has 0 saturated carbocycles. The van der Waals surface area contributed by atoms with Gasteiger partial charge in [-0.2, -0.15) is 0 Å². The van der Waals surface area contributed by atoms with Gasteiger partial charge in [-0.25, -0.2) is 4.39 Å². The Morgan fingerprint density at radius 1 is 1.15 bits per heavy atom. The normalized spacial score (nSPS) is 9.85. The minimum absolute atomic E-state index is 0.109. The molecule has 0 aliphatic carbocycles. The van der Waals surface area contributed by atoms with Crippen molar-refractivity contribution in [3.63, 3.8) is 0 Å². The maximum atomic E-state index is 13.4. The quantitative estimate of drug-likeness (QED) is 0.642. The van der Waals surface area contributed by atoms with Gasteiger partial charge in [-0.15, -0.1) is 0 Å². The Morgan fingerprint density at radius 2 is 1.69 bits per heavy atom. The van der Waals surface area contributed by atoms with Crippen LogP contribution in [0.1, 0.15) is 31.9 Å². The largest absolute Gasteiger partial charge is 0.206 e. The van der Waals surface area contributed by atoms with Crippen molar-refractivity contribution >= 4 is 5.83 Å². The minimum Gasteiger partial charge on any atom is -0.206 e. The lowest BCUT2D eigenvalue weighted by Gasteiger charge is -2.01. The highest BCUT2D eigenvalue weighted by atomic mass is 19.1. The topological polar surface area (TPSA) is 0 Å². The van der Waals surface area contributed by atoms with E-state index in [-0.39, 0.29) is 5.83 Å². The molecular formula is C12H15F. The maximum Gasteiger partial charge on any atom is 0.129 e. The van der Waals surface area contributed by atoms with Gasteiger partial charge >= 0.3 is 0 Å². The summed E-state index contributed by atoms with van der Waals surface area (Å²) in [4.78, 5) is 0. The highest BCUT2D eigenvalue weighted by Crippen LogP contribution is 2.20. The third kappa shape index (κ3) is 2.41. The molecule has 70 valence electrons. The Balaban J connectivity index is 2.99. The monoisotopic (exact) mass is 178 g/mol. The summed E-state index contributed by atoms with van der Waals surface area (Å²) in [6.07, 6.45) is 0.997. The van der Waals surface area contributed by atoms with E-state index < -0.39 is 0 Å². The molecule has 0 nitrogen and oxygen atoms in total. The van der Waals surface area contributed by atoms with E-state index in [4.69, 9.17) is 0 Å². The average molecular weight is 178 g/mol. The summed E-state index contributed by atoms with van der Waals surface area (Å²) in [5.74, 6) is -0.109. The standard InChI is InChI=1S/C12H15F/c1-4-10-5-7-11(8-6-10)12(13)9(2)3/h5-8H,4H2,1-3H3. The second kappa shape index (κ2) is 4.22. The van der Waals surface area contributed by atoms with Gasteiger partial charge in [-0.05, 0) is 31.4 Å². The molecule has 1 heteroatoms. The SMILES string of the molecule is CCc1ccc(C(F)=C(C)C)cc1. The zero-order valence-corrected chi connectivity index (χ0v) is 8.39. The molecule has 1 aromatic carbocycles. The fourth-order valence-corrected chi connectivity index (χ4v) is 1.18. The van der Waals surface area contributed by atoms with E-state index in [0.717, 1.165) is 12.0 Å². The van der Waals surface area contributed by atoms with E-state index in [1.807, 2.05) is 24.3 Å². The Morgan fingerprint density at radius 3 is 2.08 bits per heavy atom. The molecule has 0 radical (unpaired) electrons. The second-order valence-corrected chi connectivity index (χ2v) is 3.36. The van der Waals surface area contributed by atoms with Crippen LogP contribution in [0.15, 0.2) is 29.8 Å². The van der Waals surface area contributed by atoms with Gasteiger partial charge in [0.25, 0.3) is 0 Å². The van der Waals surface area contributed by atoms with Gasteiger partial charge in [0.2, 0.25) is 0 Å². The zero-order valence-electron chi connectivity index (χ0n) is 8.39. The molecular weight excluding hydrogens is 163 g/mol. The van der Waals surface area contributed by atoms with Crippen molar-refractivity contribution in [2.75, 3.05) is 0 Å². The Kier molecular flexibility index (Phi) is 3.24. The molecule has 0 spiro atoms. The summed E-state index contributed by atoms with van der Waals surface area (Å²) in [5, 5.41) is 0. The van der Waals surface area contributed by atoms with Crippen LogP contribution in [-0.2, 0) is 6.42 Å². The first-order valence-electron chi connectivity index (χ1n) is 4.57. The molecule has 0 unspecified atom stereocenters. The van der Waals surface area contributed by atoms with Crippen molar-refractivity contribution in [1.82, 2.24) is 0 Å². The van der Waals surface area contributed by atoms with Crippen molar-refractivity contribution < 1.29 is 4.39 Å². The molecule has 0 N–H and O–H groups in total. The van der Waals surface area contributed by atoms with Gasteiger partial charge in [0.1, 0.15) is 5.83 Å². The summed E-state index contributed by atoms with van der Waals surface area (Å²) in [6.45, 7) is 5.65. The number of benzene rings is 1. The van der Waals surface area contributed by atoms with Crippen LogP contribution in [0.3, 0.4) is 0 Å². The van der Waals surface area contributed by atoms with Crippen LogP contribution in [0.4, 0.5) is 4.39 Å². The van der Waals surface area contributed by atoms with Crippen LogP contribution in [0.25, 0.3) is 5.83 Å². The van der Waals surface area contributed by atoms with Gasteiger partial charge in [-0.1, -0.05) is 31.2 Å². The molecule has 0 aliphatic rings. The molecule has 13 heavy (non-hydrogen) atoms. The molecule has 0 saturated heterocycles. The smallest absolute Gasteiger partial charge is 0.129 e. The number of allylic oxidation sites excluding steroid dienone is 1. The van der Waals surface area contributed by atoms with E-state index in [1.165, 1.54) is 5.56 Å². The highest BCUT2D eigenvalue weighted by Gasteiger charge is 2.00. The van der Waals surface area contributed by atoms with Gasteiger partial charge in [0.15, 0.2) is 0 Å². The van der Waals surface area contributed by atoms with Gasteiger partial charge in [0.05, 0.1) is 0 Å². The average Bonchev–Trinajstić information content (AvgIpc) is 2.17. The first-order chi connectivity index (χ1) is 6.15. The number of hydrogen-bond acceptors (Lipinski definition) is 0. The summed E-state index contributed by atoms with van der Waals surface area (Å²) in [6, 6.07) is 7.61. The summed E-state index contributed by atoms with van der Waals surface area (Å²) in [5.41, 5.74) is 2.65. The predicted molar refractivity (Wildman–Crippen MR) is 55.2 cm³/mol. The van der Waals surface area contributed by atoms with Crippen molar-refractivity contribution in [2.24, 2.45) is 0 Å². The fourth-order valence-electron chi connectivity index (χ4n) is 1.18. The van der Waals surface area contributed by atoms with Gasteiger partial charge < -0.3 is 0 Å². The number of halogens is 1. The molecule has 0 heterocycles. The Labute approximate surface area is 79.1 Å². The third-order valence-corrected chi connectivity index (χ3v) is 2.05. The fraction of sp³-hybridized carbons (Fsp3) is 0.333. The lowest BCUT2D eigenvalue weighted by atomic mass is 10.1. The van der Waals surface area contributed by atoms with Crippen molar-refractivity contribution in [1.29, 1.82) is 0 Å². The second-order valence-electron chi connectivity index (χ2n) is 3.36. The third-order valence-electron chi connectivity index (χ3n) is 2.05. The van der Waals surface area contributed by atoms with Gasteiger partial charge in [-0.3, -0.25) is 0 Å². The Bertz CT molecular complexity index is 302. The molecule has 0 aromatic heterocycles. The molecule has 0 bridgehead atoms. The lowest BCUT2D eigenvalue weighted by molar-refractivity contribution is 0.749. The molecule has 1 rings (SSSR count). The molecule has 1 aromatic rings. The van der Waals surface area contributed by atoms with Crippen LogP contribution < -0.4 is 0 Å². The predicted octanol–water partition coefficient (Wildman–Crippen LogP) is 3.97. The van der Waals surface area contributed by atoms with Crippen molar-refractivity contribution in [2.45, 2.75) is 27.2 Å². The van der Waals surface area contributed by atoms with Gasteiger partial charge in [0, 0.05) is 5.56 Å². The number of hydrogen-bond donors (Lipinski definition) is 0. The first-order valence-corrected chi connectivity index (χ1v) is 4.57. The van der Waals surface area contributed by atoms with Crippen LogP contribution in [0.2, 0.25) is 0 Å². The highest BCUT2D eigenvalue weighted by molar-refractivity contribution is 5.61. The lowest BCUT2D eigenvalue weighted by Crippen LogP contribution is -1.83. The van der Waals surface area contributed by atoms with E-state index in [9.17, 15) is 4.39 Å². The maximum absolute atomic E-state index is 13.4. The number of rotatable bonds is 2. The van der Waals surface area contributed by atoms with E-state index in [1.54, 1.807) is 13.8 Å². The van der Waals surface area contributed by atoms with E-state index >= 15 is 0 Å². The summed E-state index contributed by atoms with van der Waals surface area (Å²) in [7, 11) is 0. The number of aryl methyl sites for hydroxylation is 1. The zero-order chi connectivity index (χ0) is 9.84. The molecule has 0 fully saturated rings. The molecule has 0 aliphatic heterocycles. The van der Waals surface area contributed by atoms with Crippen LogP contribution >= 0.6 is 0 Å².